The van der Waals surface area contributed by atoms with Gasteiger partial charge in [-0.05, 0) is 37.5 Å². The van der Waals surface area contributed by atoms with Gasteiger partial charge in [-0.15, -0.1) is 0 Å². The third-order valence-electron chi connectivity index (χ3n) is 3.87. The Morgan fingerprint density at radius 3 is 2.40 bits per heavy atom. The van der Waals surface area contributed by atoms with Crippen molar-refractivity contribution in [2.45, 2.75) is 31.2 Å². The predicted octanol–water partition coefficient (Wildman–Crippen LogP) is 1.75. The molecule has 0 bridgehead atoms. The molecule has 1 saturated heterocycles. The van der Waals surface area contributed by atoms with E-state index in [1.54, 1.807) is 12.1 Å². The van der Waals surface area contributed by atoms with Gasteiger partial charge in [0.25, 0.3) is 0 Å². The molecule has 0 aliphatic carbocycles. The molecule has 2 N–H and O–H groups in total. The summed E-state index contributed by atoms with van der Waals surface area (Å²) >= 11 is 0. The number of nitrogens with zero attached hydrogens (tertiary/aromatic N) is 2. The van der Waals surface area contributed by atoms with Crippen LogP contribution < -0.4 is 10.6 Å². The third-order valence-corrected chi connectivity index (χ3v) is 5.68. The highest BCUT2D eigenvalue weighted by atomic mass is 32.2. The lowest BCUT2D eigenvalue weighted by molar-refractivity contribution is 0.521. The molecule has 0 aromatic heterocycles. The van der Waals surface area contributed by atoms with Crippen molar-refractivity contribution in [3.05, 3.63) is 18.2 Å². The Bertz CT molecular complexity index is 598. The Morgan fingerprint density at radius 2 is 1.95 bits per heavy atom. The van der Waals surface area contributed by atoms with Crippen LogP contribution in [0.4, 0.5) is 11.4 Å². The molecule has 2 unspecified atom stereocenters. The van der Waals surface area contributed by atoms with Gasteiger partial charge in [-0.1, -0.05) is 6.92 Å². The average Bonchev–Trinajstić information content (AvgIpc) is 2.68. The molecule has 1 heterocycles. The Morgan fingerprint density at radius 1 is 1.30 bits per heavy atom. The van der Waals surface area contributed by atoms with Crippen molar-refractivity contribution in [3.63, 3.8) is 0 Å². The zero-order valence-electron chi connectivity index (χ0n) is 12.5. The third kappa shape index (κ3) is 2.62. The van der Waals surface area contributed by atoms with Crippen LogP contribution in [0.25, 0.3) is 0 Å². The van der Waals surface area contributed by atoms with Gasteiger partial charge in [-0.3, -0.25) is 0 Å². The number of anilines is 2. The van der Waals surface area contributed by atoms with E-state index < -0.39 is 10.0 Å². The lowest BCUT2D eigenvalue weighted by Crippen LogP contribution is -2.28. The molecule has 0 radical (unpaired) electrons. The van der Waals surface area contributed by atoms with Gasteiger partial charge in [0.1, 0.15) is 0 Å². The minimum atomic E-state index is -3.43. The van der Waals surface area contributed by atoms with Gasteiger partial charge in [0.15, 0.2) is 0 Å². The maximum absolute atomic E-state index is 12.1. The van der Waals surface area contributed by atoms with Crippen LogP contribution >= 0.6 is 0 Å². The zero-order valence-corrected chi connectivity index (χ0v) is 13.3. The first-order chi connectivity index (χ1) is 9.23. The number of nitrogens with two attached hydrogens (primary N) is 1. The summed E-state index contributed by atoms with van der Waals surface area (Å²) in [5, 5.41) is 0. The molecule has 1 fully saturated rings. The van der Waals surface area contributed by atoms with E-state index >= 15 is 0 Å². The van der Waals surface area contributed by atoms with Gasteiger partial charge in [0.05, 0.1) is 16.3 Å². The Balaban J connectivity index is 2.37. The Kier molecular flexibility index (Phi) is 3.97. The van der Waals surface area contributed by atoms with Crippen LogP contribution in [0.1, 0.15) is 20.3 Å². The molecule has 20 heavy (non-hydrogen) atoms. The second-order valence-electron chi connectivity index (χ2n) is 5.85. The summed E-state index contributed by atoms with van der Waals surface area (Å²) in [6.45, 7) is 5.36. The number of benzene rings is 1. The summed E-state index contributed by atoms with van der Waals surface area (Å²) in [4.78, 5) is 2.50. The minimum Gasteiger partial charge on any atom is -0.397 e. The minimum absolute atomic E-state index is 0.239. The first kappa shape index (κ1) is 15.1. The van der Waals surface area contributed by atoms with Crippen LogP contribution in [-0.4, -0.2) is 39.4 Å². The van der Waals surface area contributed by atoms with Gasteiger partial charge in [-0.25, -0.2) is 12.7 Å². The predicted molar refractivity (Wildman–Crippen MR) is 82.3 cm³/mol. The first-order valence-corrected chi connectivity index (χ1v) is 8.26. The number of hydrogen-bond donors (Lipinski definition) is 1. The summed E-state index contributed by atoms with van der Waals surface area (Å²) in [6.07, 6.45) is 1.14. The fourth-order valence-electron chi connectivity index (χ4n) is 2.80. The molecule has 5 nitrogen and oxygen atoms in total. The van der Waals surface area contributed by atoms with Crippen LogP contribution in [0.5, 0.6) is 0 Å². The molecule has 1 aromatic rings. The summed E-state index contributed by atoms with van der Waals surface area (Å²) in [5.41, 5.74) is 7.53. The van der Waals surface area contributed by atoms with Crippen molar-refractivity contribution in [2.24, 2.45) is 5.92 Å². The van der Waals surface area contributed by atoms with Gasteiger partial charge in [0, 0.05) is 26.7 Å². The van der Waals surface area contributed by atoms with Crippen molar-refractivity contribution >= 4 is 21.4 Å². The molecule has 2 rings (SSSR count). The number of sulfonamides is 1. The van der Waals surface area contributed by atoms with Gasteiger partial charge < -0.3 is 10.6 Å². The molecule has 112 valence electrons. The summed E-state index contributed by atoms with van der Waals surface area (Å²) < 4.78 is 25.4. The number of rotatable bonds is 3. The summed E-state index contributed by atoms with van der Waals surface area (Å²) in [5.74, 6) is 0.634. The number of hydrogen-bond acceptors (Lipinski definition) is 4. The molecule has 2 atom stereocenters. The van der Waals surface area contributed by atoms with E-state index in [1.807, 2.05) is 6.07 Å². The van der Waals surface area contributed by atoms with E-state index in [0.29, 0.717) is 17.6 Å². The van der Waals surface area contributed by atoms with E-state index in [-0.39, 0.29) is 4.90 Å². The topological polar surface area (TPSA) is 66.6 Å². The SMILES string of the molecule is CC1CC(C)N(c2ccc(S(=O)(=O)N(C)C)cc2N)C1. The maximum Gasteiger partial charge on any atom is 0.242 e. The van der Waals surface area contributed by atoms with E-state index in [0.717, 1.165) is 18.7 Å². The lowest BCUT2D eigenvalue weighted by Gasteiger charge is -2.26. The van der Waals surface area contributed by atoms with Gasteiger partial charge in [-0.2, -0.15) is 0 Å². The molecule has 1 aliphatic heterocycles. The fraction of sp³-hybridized carbons (Fsp3) is 0.571. The smallest absolute Gasteiger partial charge is 0.242 e. The fourth-order valence-corrected chi connectivity index (χ4v) is 3.74. The average molecular weight is 297 g/mol. The van der Waals surface area contributed by atoms with Crippen LogP contribution in [0.3, 0.4) is 0 Å². The van der Waals surface area contributed by atoms with Crippen molar-refractivity contribution in [1.29, 1.82) is 0 Å². The van der Waals surface area contributed by atoms with E-state index in [4.69, 9.17) is 5.73 Å². The summed E-state index contributed by atoms with van der Waals surface area (Å²) in [6, 6.07) is 5.45. The van der Waals surface area contributed by atoms with Crippen LogP contribution in [0.2, 0.25) is 0 Å². The van der Waals surface area contributed by atoms with Crippen LogP contribution in [0, 0.1) is 5.92 Å². The van der Waals surface area contributed by atoms with E-state index in [9.17, 15) is 8.42 Å². The highest BCUT2D eigenvalue weighted by Crippen LogP contribution is 2.34. The van der Waals surface area contributed by atoms with Crippen molar-refractivity contribution in [2.75, 3.05) is 31.3 Å². The maximum atomic E-state index is 12.1. The Labute approximate surface area is 121 Å². The molecular weight excluding hydrogens is 274 g/mol. The van der Waals surface area contributed by atoms with E-state index in [2.05, 4.69) is 18.7 Å². The highest BCUT2D eigenvalue weighted by molar-refractivity contribution is 7.89. The lowest BCUT2D eigenvalue weighted by atomic mass is 10.1. The van der Waals surface area contributed by atoms with Crippen LogP contribution in [0.15, 0.2) is 23.1 Å². The Hall–Kier alpha value is -1.27. The molecular formula is C14H23N3O2S. The quantitative estimate of drug-likeness (QED) is 0.863. The normalized spacial score (nSPS) is 23.6. The summed E-state index contributed by atoms with van der Waals surface area (Å²) in [7, 11) is -0.394. The standard InChI is InChI=1S/C14H23N3O2S/c1-10-7-11(2)17(9-10)14-6-5-12(8-13(14)15)20(18,19)16(3)4/h5-6,8,10-11H,7,9,15H2,1-4H3. The largest absolute Gasteiger partial charge is 0.397 e. The van der Waals surface area contributed by atoms with Crippen molar-refractivity contribution in [1.82, 2.24) is 4.31 Å². The van der Waals surface area contributed by atoms with Crippen molar-refractivity contribution < 1.29 is 8.42 Å². The van der Waals surface area contributed by atoms with Crippen molar-refractivity contribution in [3.8, 4) is 0 Å². The molecule has 1 aliphatic rings. The zero-order chi connectivity index (χ0) is 15.1. The highest BCUT2D eigenvalue weighted by Gasteiger charge is 2.28. The first-order valence-electron chi connectivity index (χ1n) is 6.82. The molecule has 6 heteroatoms. The molecule has 0 spiro atoms. The second-order valence-corrected chi connectivity index (χ2v) is 8.00. The number of nitrogen functional groups attached to an aromatic ring is 1. The van der Waals surface area contributed by atoms with Gasteiger partial charge in [0.2, 0.25) is 10.0 Å². The molecule has 1 aromatic carbocycles. The van der Waals surface area contributed by atoms with Gasteiger partial charge >= 0.3 is 0 Å². The van der Waals surface area contributed by atoms with E-state index in [1.165, 1.54) is 18.4 Å². The molecule has 0 saturated carbocycles. The van der Waals surface area contributed by atoms with Crippen LogP contribution in [-0.2, 0) is 10.0 Å². The monoisotopic (exact) mass is 297 g/mol. The molecule has 0 amide bonds. The second kappa shape index (κ2) is 5.26.